The van der Waals surface area contributed by atoms with Crippen LogP contribution in [0.4, 0.5) is 0 Å². The van der Waals surface area contributed by atoms with Crippen molar-refractivity contribution in [2.75, 3.05) is 7.05 Å². The number of aryl methyl sites for hydroxylation is 1. The number of benzene rings is 1. The second-order valence-electron chi connectivity index (χ2n) is 5.11. The highest BCUT2D eigenvalue weighted by Crippen LogP contribution is 2.36. The van der Waals surface area contributed by atoms with Crippen LogP contribution < -0.4 is 5.32 Å². The Bertz CT molecular complexity index is 339. The van der Waals surface area contributed by atoms with E-state index in [9.17, 15) is 0 Å². The first-order valence-electron chi connectivity index (χ1n) is 5.29. The van der Waals surface area contributed by atoms with Crippen LogP contribution in [0, 0.1) is 12.3 Å². The molecule has 15 heavy (non-hydrogen) atoms. The second-order valence-corrected chi connectivity index (χ2v) is 5.97. The molecule has 0 amide bonds. The monoisotopic (exact) mass is 269 g/mol. The van der Waals surface area contributed by atoms with Crippen LogP contribution in [0.1, 0.15) is 37.9 Å². The lowest BCUT2D eigenvalue weighted by Gasteiger charge is -2.31. The van der Waals surface area contributed by atoms with E-state index in [0.717, 1.165) is 0 Å². The van der Waals surface area contributed by atoms with Crippen molar-refractivity contribution in [1.82, 2.24) is 5.32 Å². The van der Waals surface area contributed by atoms with Gasteiger partial charge in [-0.25, -0.2) is 0 Å². The van der Waals surface area contributed by atoms with Crippen LogP contribution in [0.5, 0.6) is 0 Å². The summed E-state index contributed by atoms with van der Waals surface area (Å²) in [6, 6.07) is 6.87. The minimum atomic E-state index is 0.213. The standard InChI is InChI=1S/C13H20BrN/c1-9-6-7-11(14)10(8-9)12(15-5)13(2,3)4/h6-8,12,15H,1-5H3. The zero-order valence-electron chi connectivity index (χ0n) is 10.2. The molecular formula is C13H20BrN. The van der Waals surface area contributed by atoms with Gasteiger partial charge in [-0.3, -0.25) is 0 Å². The Morgan fingerprint density at radius 2 is 1.87 bits per heavy atom. The van der Waals surface area contributed by atoms with Crippen molar-refractivity contribution in [2.24, 2.45) is 5.41 Å². The van der Waals surface area contributed by atoms with Gasteiger partial charge < -0.3 is 5.32 Å². The molecule has 1 nitrogen and oxygen atoms in total. The maximum absolute atomic E-state index is 3.62. The molecule has 2 heteroatoms. The molecule has 0 bridgehead atoms. The highest BCUT2D eigenvalue weighted by Gasteiger charge is 2.26. The molecule has 1 N–H and O–H groups in total. The molecule has 1 aromatic carbocycles. The fourth-order valence-electron chi connectivity index (χ4n) is 1.94. The van der Waals surface area contributed by atoms with Gasteiger partial charge in [0.05, 0.1) is 0 Å². The van der Waals surface area contributed by atoms with Crippen LogP contribution in [0.2, 0.25) is 0 Å². The predicted octanol–water partition coefficient (Wildman–Crippen LogP) is 4.06. The first-order valence-corrected chi connectivity index (χ1v) is 6.09. The van der Waals surface area contributed by atoms with Crippen LogP contribution in [0.3, 0.4) is 0 Å². The Balaban J connectivity index is 3.18. The lowest BCUT2D eigenvalue weighted by atomic mass is 9.82. The highest BCUT2D eigenvalue weighted by atomic mass is 79.9. The molecule has 0 aromatic heterocycles. The molecule has 0 aliphatic rings. The normalized spacial score (nSPS) is 14.0. The van der Waals surface area contributed by atoms with Crippen molar-refractivity contribution in [3.8, 4) is 0 Å². The van der Waals surface area contributed by atoms with Gasteiger partial charge >= 0.3 is 0 Å². The van der Waals surface area contributed by atoms with E-state index in [-0.39, 0.29) is 5.41 Å². The summed E-state index contributed by atoms with van der Waals surface area (Å²) in [5.74, 6) is 0. The SMILES string of the molecule is CNC(c1cc(C)ccc1Br)C(C)(C)C. The molecule has 1 rings (SSSR count). The minimum absolute atomic E-state index is 0.213. The van der Waals surface area contributed by atoms with Crippen molar-refractivity contribution < 1.29 is 0 Å². The van der Waals surface area contributed by atoms with E-state index in [1.807, 2.05) is 7.05 Å². The van der Waals surface area contributed by atoms with Crippen LogP contribution >= 0.6 is 15.9 Å². The van der Waals surface area contributed by atoms with Crippen molar-refractivity contribution >= 4 is 15.9 Å². The second kappa shape index (κ2) is 4.67. The molecular weight excluding hydrogens is 250 g/mol. The van der Waals surface area contributed by atoms with Crippen LogP contribution in [0.15, 0.2) is 22.7 Å². The smallest absolute Gasteiger partial charge is 0.0378 e. The van der Waals surface area contributed by atoms with Crippen molar-refractivity contribution in [3.05, 3.63) is 33.8 Å². The lowest BCUT2D eigenvalue weighted by Crippen LogP contribution is -2.29. The molecule has 0 fully saturated rings. The van der Waals surface area contributed by atoms with Crippen LogP contribution in [-0.2, 0) is 0 Å². The van der Waals surface area contributed by atoms with Gasteiger partial charge in [0, 0.05) is 10.5 Å². The van der Waals surface area contributed by atoms with Gasteiger partial charge in [-0.1, -0.05) is 54.4 Å². The largest absolute Gasteiger partial charge is 0.313 e. The molecule has 84 valence electrons. The molecule has 1 atom stereocenters. The Kier molecular flexibility index (Phi) is 3.96. The fraction of sp³-hybridized carbons (Fsp3) is 0.538. The van der Waals surface area contributed by atoms with Gasteiger partial charge in [0.2, 0.25) is 0 Å². The molecule has 0 saturated carbocycles. The summed E-state index contributed by atoms with van der Waals surface area (Å²) >= 11 is 3.62. The molecule has 0 saturated heterocycles. The quantitative estimate of drug-likeness (QED) is 0.854. The van der Waals surface area contributed by atoms with Crippen molar-refractivity contribution in [1.29, 1.82) is 0 Å². The molecule has 0 radical (unpaired) electrons. The molecule has 0 aliphatic carbocycles. The third kappa shape index (κ3) is 3.05. The van der Waals surface area contributed by atoms with E-state index < -0.39 is 0 Å². The van der Waals surface area contributed by atoms with E-state index in [0.29, 0.717) is 6.04 Å². The highest BCUT2D eigenvalue weighted by molar-refractivity contribution is 9.10. The summed E-state index contributed by atoms with van der Waals surface area (Å²) in [4.78, 5) is 0. The van der Waals surface area contributed by atoms with Gasteiger partial charge in [-0.15, -0.1) is 0 Å². The van der Waals surface area contributed by atoms with Crippen LogP contribution in [-0.4, -0.2) is 7.05 Å². The maximum atomic E-state index is 3.62. The van der Waals surface area contributed by atoms with E-state index in [4.69, 9.17) is 0 Å². The zero-order valence-corrected chi connectivity index (χ0v) is 11.8. The number of hydrogen-bond donors (Lipinski definition) is 1. The lowest BCUT2D eigenvalue weighted by molar-refractivity contribution is 0.286. The fourth-order valence-corrected chi connectivity index (χ4v) is 2.41. The van der Waals surface area contributed by atoms with E-state index in [2.05, 4.69) is 67.1 Å². The maximum Gasteiger partial charge on any atom is 0.0378 e. The summed E-state index contributed by atoms with van der Waals surface area (Å²) in [6.07, 6.45) is 0. The van der Waals surface area contributed by atoms with Gasteiger partial charge in [0.25, 0.3) is 0 Å². The van der Waals surface area contributed by atoms with Crippen LogP contribution in [0.25, 0.3) is 0 Å². The average molecular weight is 270 g/mol. The zero-order chi connectivity index (χ0) is 11.6. The summed E-state index contributed by atoms with van der Waals surface area (Å²) in [6.45, 7) is 8.89. The summed E-state index contributed by atoms with van der Waals surface area (Å²) in [7, 11) is 2.02. The number of hydrogen-bond acceptors (Lipinski definition) is 1. The molecule has 1 aromatic rings. The molecule has 0 aliphatic heterocycles. The minimum Gasteiger partial charge on any atom is -0.313 e. The first kappa shape index (κ1) is 12.7. The molecule has 0 spiro atoms. The van der Waals surface area contributed by atoms with Gasteiger partial charge in [0.15, 0.2) is 0 Å². The van der Waals surface area contributed by atoms with Gasteiger partial charge in [-0.2, -0.15) is 0 Å². The summed E-state index contributed by atoms with van der Waals surface area (Å²) in [5, 5.41) is 3.40. The van der Waals surface area contributed by atoms with Gasteiger partial charge in [-0.05, 0) is 31.0 Å². The topological polar surface area (TPSA) is 12.0 Å². The summed E-state index contributed by atoms with van der Waals surface area (Å²) < 4.78 is 1.18. The number of halogens is 1. The number of nitrogens with one attached hydrogen (secondary N) is 1. The van der Waals surface area contributed by atoms with E-state index in [1.165, 1.54) is 15.6 Å². The van der Waals surface area contributed by atoms with Crippen molar-refractivity contribution in [3.63, 3.8) is 0 Å². The molecule has 1 unspecified atom stereocenters. The summed E-state index contributed by atoms with van der Waals surface area (Å²) in [5.41, 5.74) is 2.85. The Labute approximate surface area is 101 Å². The predicted molar refractivity (Wildman–Crippen MR) is 70.1 cm³/mol. The average Bonchev–Trinajstić information content (AvgIpc) is 2.10. The van der Waals surface area contributed by atoms with Crippen molar-refractivity contribution in [2.45, 2.75) is 33.7 Å². The van der Waals surface area contributed by atoms with Gasteiger partial charge in [0.1, 0.15) is 0 Å². The van der Waals surface area contributed by atoms with E-state index >= 15 is 0 Å². The Hall–Kier alpha value is -0.340. The van der Waals surface area contributed by atoms with E-state index in [1.54, 1.807) is 0 Å². The Morgan fingerprint density at radius 3 is 2.33 bits per heavy atom. The third-order valence-corrected chi connectivity index (χ3v) is 3.34. The number of rotatable bonds is 2. The first-order chi connectivity index (χ1) is 6.86. The Morgan fingerprint density at radius 1 is 1.27 bits per heavy atom. The third-order valence-electron chi connectivity index (χ3n) is 2.62. The molecule has 0 heterocycles.